The van der Waals surface area contributed by atoms with Gasteiger partial charge in [0.1, 0.15) is 0 Å². The Labute approximate surface area is 118 Å². The van der Waals surface area contributed by atoms with Gasteiger partial charge in [-0.25, -0.2) is 0 Å². The van der Waals surface area contributed by atoms with Crippen molar-refractivity contribution in [2.45, 2.75) is 5.92 Å². The van der Waals surface area contributed by atoms with Gasteiger partial charge in [0.05, 0.1) is 13.2 Å². The number of aliphatic hydroxyl groups excluding tert-OH is 1. The monoisotopic (exact) mass is 279 g/mol. The van der Waals surface area contributed by atoms with Crippen molar-refractivity contribution in [1.82, 2.24) is 4.90 Å². The molecule has 5 heteroatoms. The zero-order valence-electron chi connectivity index (χ0n) is 11.0. The van der Waals surface area contributed by atoms with Gasteiger partial charge >= 0.3 is 0 Å². The fourth-order valence-electron chi connectivity index (χ4n) is 2.09. The van der Waals surface area contributed by atoms with E-state index in [-0.39, 0.29) is 12.5 Å². The third kappa shape index (κ3) is 4.14. The average Bonchev–Trinajstić information content (AvgIpc) is 2.49. The summed E-state index contributed by atoms with van der Waals surface area (Å²) in [5.41, 5.74) is 7.12. The highest BCUT2D eigenvalue weighted by Crippen LogP contribution is 2.15. The molecule has 1 aromatic rings. The molecule has 0 spiro atoms. The molecule has 104 valence electrons. The zero-order valence-corrected chi connectivity index (χ0v) is 11.9. The molecule has 1 aliphatic heterocycles. The molecule has 2 rings (SSSR count). The molecule has 0 aliphatic carbocycles. The maximum Gasteiger partial charge on any atom is 0.191 e. The predicted octanol–water partition coefficient (Wildman–Crippen LogP) is 1.13. The van der Waals surface area contributed by atoms with E-state index < -0.39 is 0 Å². The second-order valence-electron chi connectivity index (χ2n) is 4.59. The number of hydrogen-bond donors (Lipinski definition) is 2. The van der Waals surface area contributed by atoms with E-state index in [1.54, 1.807) is 0 Å². The van der Waals surface area contributed by atoms with Gasteiger partial charge in [-0.1, -0.05) is 30.3 Å². The summed E-state index contributed by atoms with van der Waals surface area (Å²) in [6.45, 7) is 2.57. The Balaban J connectivity index is 1.95. The fraction of sp³-hybridized carbons (Fsp3) is 0.500. The van der Waals surface area contributed by atoms with Gasteiger partial charge in [0.25, 0.3) is 0 Å². The molecule has 1 aromatic carbocycles. The number of aliphatic hydroxyl groups is 1. The molecule has 19 heavy (non-hydrogen) atoms. The van der Waals surface area contributed by atoms with Crippen LogP contribution in [0.2, 0.25) is 0 Å². The molecule has 0 radical (unpaired) electrons. The molecule has 0 saturated carbocycles. The highest BCUT2D eigenvalue weighted by molar-refractivity contribution is 7.99. The molecule has 1 saturated heterocycles. The van der Waals surface area contributed by atoms with Gasteiger partial charge in [-0.15, -0.1) is 0 Å². The van der Waals surface area contributed by atoms with Crippen molar-refractivity contribution in [2.75, 3.05) is 37.7 Å². The summed E-state index contributed by atoms with van der Waals surface area (Å²) in [6, 6.07) is 9.97. The minimum atomic E-state index is 0.0268. The number of rotatable bonds is 4. The summed E-state index contributed by atoms with van der Waals surface area (Å²) in [5, 5.41) is 9.48. The van der Waals surface area contributed by atoms with Crippen molar-refractivity contribution in [3.8, 4) is 0 Å². The minimum absolute atomic E-state index is 0.0268. The average molecular weight is 279 g/mol. The maximum absolute atomic E-state index is 9.48. The lowest BCUT2D eigenvalue weighted by Gasteiger charge is -2.27. The van der Waals surface area contributed by atoms with Crippen LogP contribution in [0.1, 0.15) is 11.5 Å². The van der Waals surface area contributed by atoms with E-state index in [0.29, 0.717) is 12.5 Å². The second-order valence-corrected chi connectivity index (χ2v) is 5.81. The van der Waals surface area contributed by atoms with E-state index in [1.165, 1.54) is 0 Å². The number of hydrogen-bond acceptors (Lipinski definition) is 3. The fourth-order valence-corrected chi connectivity index (χ4v) is 2.99. The van der Waals surface area contributed by atoms with Crippen LogP contribution in [0, 0.1) is 0 Å². The van der Waals surface area contributed by atoms with Gasteiger partial charge in [-0.2, -0.15) is 11.8 Å². The van der Waals surface area contributed by atoms with Crippen molar-refractivity contribution in [2.24, 2.45) is 10.7 Å². The summed E-state index contributed by atoms with van der Waals surface area (Å²) in [7, 11) is 0. The highest BCUT2D eigenvalue weighted by Gasteiger charge is 2.14. The zero-order chi connectivity index (χ0) is 13.5. The molecule has 0 bridgehead atoms. The lowest BCUT2D eigenvalue weighted by atomic mass is 10.0. The largest absolute Gasteiger partial charge is 0.396 e. The Morgan fingerprint density at radius 1 is 1.32 bits per heavy atom. The predicted molar refractivity (Wildman–Crippen MR) is 81.7 cm³/mol. The summed E-state index contributed by atoms with van der Waals surface area (Å²) in [5.74, 6) is 2.85. The second kappa shape index (κ2) is 7.40. The third-order valence-electron chi connectivity index (χ3n) is 3.30. The number of guanidine groups is 1. The maximum atomic E-state index is 9.48. The van der Waals surface area contributed by atoms with Crippen molar-refractivity contribution < 1.29 is 5.11 Å². The number of benzene rings is 1. The standard InChI is InChI=1S/C14H21N3OS/c15-14(17-6-8-19-9-7-17)16-10-13(11-18)12-4-2-1-3-5-12/h1-5,13,18H,6-11H2,(H2,15,16). The Kier molecular flexibility index (Phi) is 5.54. The summed E-state index contributed by atoms with van der Waals surface area (Å²) >= 11 is 1.95. The number of nitrogens with two attached hydrogens (primary N) is 1. The van der Waals surface area contributed by atoms with Gasteiger partial charge in [0.2, 0.25) is 0 Å². The molecule has 1 atom stereocenters. The minimum Gasteiger partial charge on any atom is -0.396 e. The van der Waals surface area contributed by atoms with Crippen LogP contribution >= 0.6 is 11.8 Å². The topological polar surface area (TPSA) is 61.9 Å². The molecule has 1 unspecified atom stereocenters. The van der Waals surface area contributed by atoms with Gasteiger partial charge in [-0.05, 0) is 5.56 Å². The van der Waals surface area contributed by atoms with E-state index in [2.05, 4.69) is 9.89 Å². The van der Waals surface area contributed by atoms with E-state index >= 15 is 0 Å². The van der Waals surface area contributed by atoms with E-state index in [1.807, 2.05) is 42.1 Å². The van der Waals surface area contributed by atoms with Gasteiger partial charge in [0, 0.05) is 30.5 Å². The quantitative estimate of drug-likeness (QED) is 0.640. The highest BCUT2D eigenvalue weighted by atomic mass is 32.2. The van der Waals surface area contributed by atoms with Crippen LogP contribution in [0.25, 0.3) is 0 Å². The van der Waals surface area contributed by atoms with Crippen LogP contribution in [0.4, 0.5) is 0 Å². The first-order chi connectivity index (χ1) is 9.31. The first-order valence-corrected chi connectivity index (χ1v) is 7.75. The van der Waals surface area contributed by atoms with Crippen molar-refractivity contribution in [3.05, 3.63) is 35.9 Å². The van der Waals surface area contributed by atoms with Crippen LogP contribution in [0.3, 0.4) is 0 Å². The summed E-state index contributed by atoms with van der Waals surface area (Å²) in [4.78, 5) is 6.57. The normalized spacial score (nSPS) is 18.4. The van der Waals surface area contributed by atoms with Gasteiger partial charge in [0.15, 0.2) is 5.96 Å². The first kappa shape index (κ1) is 14.2. The van der Waals surface area contributed by atoms with Gasteiger partial charge < -0.3 is 15.7 Å². The van der Waals surface area contributed by atoms with E-state index in [9.17, 15) is 5.11 Å². The van der Waals surface area contributed by atoms with Crippen LogP contribution in [-0.4, -0.2) is 53.7 Å². The Hall–Kier alpha value is -1.20. The Morgan fingerprint density at radius 2 is 2.00 bits per heavy atom. The van der Waals surface area contributed by atoms with Crippen molar-refractivity contribution in [1.29, 1.82) is 0 Å². The molecule has 1 fully saturated rings. The smallest absolute Gasteiger partial charge is 0.191 e. The van der Waals surface area contributed by atoms with Gasteiger partial charge in [-0.3, -0.25) is 4.99 Å². The molecule has 0 aromatic heterocycles. The Morgan fingerprint density at radius 3 is 2.63 bits per heavy atom. The molecule has 1 heterocycles. The molecular weight excluding hydrogens is 258 g/mol. The van der Waals surface area contributed by atoms with E-state index in [0.717, 1.165) is 30.2 Å². The Bertz CT molecular complexity index is 404. The number of aliphatic imine (C=N–C) groups is 1. The SMILES string of the molecule is NC(=NCC(CO)c1ccccc1)N1CCSCC1. The molecule has 0 amide bonds. The molecule has 4 nitrogen and oxygen atoms in total. The van der Waals surface area contributed by atoms with Crippen LogP contribution in [0.15, 0.2) is 35.3 Å². The summed E-state index contributed by atoms with van der Waals surface area (Å²) < 4.78 is 0. The first-order valence-electron chi connectivity index (χ1n) is 6.59. The number of thioether (sulfide) groups is 1. The van der Waals surface area contributed by atoms with Crippen LogP contribution < -0.4 is 5.73 Å². The van der Waals surface area contributed by atoms with Crippen LogP contribution in [0.5, 0.6) is 0 Å². The number of nitrogens with zero attached hydrogens (tertiary/aromatic N) is 2. The van der Waals surface area contributed by atoms with Crippen molar-refractivity contribution >= 4 is 17.7 Å². The van der Waals surface area contributed by atoms with Crippen molar-refractivity contribution in [3.63, 3.8) is 0 Å². The lowest BCUT2D eigenvalue weighted by molar-refractivity contribution is 0.267. The lowest BCUT2D eigenvalue weighted by Crippen LogP contribution is -2.42. The van der Waals surface area contributed by atoms with Crippen LogP contribution in [-0.2, 0) is 0 Å². The molecule has 3 N–H and O–H groups in total. The third-order valence-corrected chi connectivity index (χ3v) is 4.24. The van der Waals surface area contributed by atoms with E-state index in [4.69, 9.17) is 5.73 Å². The summed E-state index contributed by atoms with van der Waals surface area (Å²) in [6.07, 6.45) is 0. The molecular formula is C14H21N3OS. The molecule has 1 aliphatic rings.